The van der Waals surface area contributed by atoms with Crippen molar-refractivity contribution in [3.63, 3.8) is 0 Å². The number of aromatic nitrogens is 1. The standard InChI is InChI=1S/C54H34BNO/c1-4-15-35(16-5-1)38-28-30-51-47(33-38)55-48-34-40(44-24-13-11-22-42(44)37-19-8-3-9-20-37)32-46-45-31-39(43-23-12-10-21-41(43)36-17-6-2-7-18-36)27-29-49(45)56(54(46)48)50-25-14-26-52(57-51)53(50)55/h1-34H. The number of rotatable bonds is 5. The summed E-state index contributed by atoms with van der Waals surface area (Å²) in [6.07, 6.45) is 0. The van der Waals surface area contributed by atoms with Gasteiger partial charge in [-0.05, 0) is 108 Å². The van der Waals surface area contributed by atoms with Gasteiger partial charge in [0.15, 0.2) is 0 Å². The fourth-order valence-corrected chi connectivity index (χ4v) is 9.56. The van der Waals surface area contributed by atoms with E-state index in [0.29, 0.717) is 0 Å². The van der Waals surface area contributed by atoms with Crippen molar-refractivity contribution in [2.24, 2.45) is 0 Å². The molecule has 0 spiro atoms. The highest BCUT2D eigenvalue weighted by Crippen LogP contribution is 2.43. The third-order valence-corrected chi connectivity index (χ3v) is 12.1. The summed E-state index contributed by atoms with van der Waals surface area (Å²) in [6, 6.07) is 75.1. The molecule has 0 fully saturated rings. The van der Waals surface area contributed by atoms with E-state index in [0.717, 1.165) is 11.5 Å². The Morgan fingerprint density at radius 3 is 1.56 bits per heavy atom. The molecule has 264 valence electrons. The van der Waals surface area contributed by atoms with Gasteiger partial charge in [0.1, 0.15) is 11.5 Å². The van der Waals surface area contributed by atoms with Crippen molar-refractivity contribution >= 4 is 44.9 Å². The third kappa shape index (κ3) is 4.92. The molecule has 57 heavy (non-hydrogen) atoms. The minimum absolute atomic E-state index is 0.0231. The summed E-state index contributed by atoms with van der Waals surface area (Å²) < 4.78 is 9.33. The van der Waals surface area contributed by atoms with E-state index in [4.69, 9.17) is 4.74 Å². The molecular formula is C54H34BNO. The zero-order valence-electron chi connectivity index (χ0n) is 31.1. The minimum atomic E-state index is -0.0231. The molecule has 0 N–H and O–H groups in total. The van der Waals surface area contributed by atoms with Gasteiger partial charge in [-0.1, -0.05) is 170 Å². The van der Waals surface area contributed by atoms with Crippen LogP contribution in [0.5, 0.6) is 11.5 Å². The van der Waals surface area contributed by atoms with Gasteiger partial charge in [-0.25, -0.2) is 0 Å². The summed E-state index contributed by atoms with van der Waals surface area (Å²) in [5, 5.41) is 2.49. The number of fused-ring (bicyclic) bond motifs is 7. The summed E-state index contributed by atoms with van der Waals surface area (Å²) >= 11 is 0. The van der Waals surface area contributed by atoms with E-state index >= 15 is 0 Å². The highest BCUT2D eigenvalue weighted by molar-refractivity contribution is 6.99. The maximum atomic E-state index is 6.83. The molecule has 0 unspecified atom stereocenters. The van der Waals surface area contributed by atoms with E-state index in [9.17, 15) is 0 Å². The zero-order valence-corrected chi connectivity index (χ0v) is 31.1. The fourth-order valence-electron chi connectivity index (χ4n) is 9.56. The molecule has 10 aromatic rings. The second kappa shape index (κ2) is 12.6. The zero-order chi connectivity index (χ0) is 37.5. The summed E-state index contributed by atoms with van der Waals surface area (Å²) in [5.74, 6) is 1.83. The SMILES string of the molecule is c1ccc(-c2ccc3c(c2)B2c4c(cccc4-n4c5ccc(-c6ccccc6-c6ccccc6)cc5c5cc(-c6ccccc6-c6ccccc6)cc2c54)O3)cc1. The second-order valence-electron chi connectivity index (χ2n) is 15.2. The number of benzene rings is 9. The molecule has 2 aliphatic rings. The van der Waals surface area contributed by atoms with Crippen LogP contribution in [-0.2, 0) is 0 Å². The molecule has 0 aliphatic carbocycles. The van der Waals surface area contributed by atoms with Crippen LogP contribution in [-0.4, -0.2) is 11.3 Å². The average Bonchev–Trinajstić information content (AvgIpc) is 3.62. The lowest BCUT2D eigenvalue weighted by atomic mass is 9.34. The Morgan fingerprint density at radius 1 is 0.351 bits per heavy atom. The smallest absolute Gasteiger partial charge is 0.256 e. The Morgan fingerprint density at radius 2 is 0.895 bits per heavy atom. The first-order valence-electron chi connectivity index (χ1n) is 19.7. The number of hydrogen-bond donors (Lipinski definition) is 0. The van der Waals surface area contributed by atoms with Crippen LogP contribution >= 0.6 is 0 Å². The molecule has 0 bridgehead atoms. The Labute approximate surface area is 332 Å². The predicted molar refractivity (Wildman–Crippen MR) is 239 cm³/mol. The number of ether oxygens (including phenoxy) is 1. The van der Waals surface area contributed by atoms with Gasteiger partial charge in [0.2, 0.25) is 0 Å². The first-order chi connectivity index (χ1) is 28.3. The summed E-state index contributed by atoms with van der Waals surface area (Å²) in [7, 11) is 0. The van der Waals surface area contributed by atoms with Gasteiger partial charge in [-0.2, -0.15) is 0 Å². The Balaban J connectivity index is 1.18. The monoisotopic (exact) mass is 723 g/mol. The summed E-state index contributed by atoms with van der Waals surface area (Å²) in [5.41, 5.74) is 19.4. The van der Waals surface area contributed by atoms with Crippen LogP contribution in [0.25, 0.3) is 83.1 Å². The van der Waals surface area contributed by atoms with Gasteiger partial charge in [0, 0.05) is 22.0 Å². The van der Waals surface area contributed by atoms with Gasteiger partial charge >= 0.3 is 0 Å². The number of nitrogens with zero attached hydrogens (tertiary/aromatic N) is 1. The van der Waals surface area contributed by atoms with Crippen molar-refractivity contribution in [1.82, 2.24) is 4.57 Å². The van der Waals surface area contributed by atoms with E-state index in [1.165, 1.54) is 99.5 Å². The van der Waals surface area contributed by atoms with Crippen LogP contribution < -0.4 is 21.1 Å². The molecule has 12 rings (SSSR count). The second-order valence-corrected chi connectivity index (χ2v) is 15.2. The molecular weight excluding hydrogens is 689 g/mol. The van der Waals surface area contributed by atoms with Crippen molar-refractivity contribution in [3.05, 3.63) is 206 Å². The topological polar surface area (TPSA) is 14.2 Å². The molecule has 9 aromatic carbocycles. The molecule has 3 heterocycles. The van der Waals surface area contributed by atoms with Gasteiger partial charge in [0.25, 0.3) is 6.71 Å². The predicted octanol–water partition coefficient (Wildman–Crippen LogP) is 12.1. The van der Waals surface area contributed by atoms with Crippen molar-refractivity contribution < 1.29 is 4.74 Å². The van der Waals surface area contributed by atoms with Gasteiger partial charge in [-0.15, -0.1) is 0 Å². The van der Waals surface area contributed by atoms with Crippen LogP contribution in [0.2, 0.25) is 0 Å². The van der Waals surface area contributed by atoms with Crippen LogP contribution in [0.3, 0.4) is 0 Å². The van der Waals surface area contributed by atoms with Crippen LogP contribution in [0.15, 0.2) is 206 Å². The van der Waals surface area contributed by atoms with Gasteiger partial charge in [-0.3, -0.25) is 0 Å². The van der Waals surface area contributed by atoms with Crippen molar-refractivity contribution in [2.75, 3.05) is 0 Å². The Bertz CT molecular complexity index is 3200. The molecule has 2 aliphatic heterocycles. The molecule has 0 saturated heterocycles. The molecule has 3 heteroatoms. The van der Waals surface area contributed by atoms with E-state index in [1.54, 1.807) is 0 Å². The van der Waals surface area contributed by atoms with Crippen molar-refractivity contribution in [3.8, 4) is 72.8 Å². The number of hydrogen-bond acceptors (Lipinski definition) is 1. The maximum Gasteiger partial charge on any atom is 0.256 e. The minimum Gasteiger partial charge on any atom is -0.458 e. The van der Waals surface area contributed by atoms with Crippen LogP contribution in [0, 0.1) is 0 Å². The summed E-state index contributed by atoms with van der Waals surface area (Å²) in [6.45, 7) is -0.0231. The Hall–Kier alpha value is -7.36. The fraction of sp³-hybridized carbons (Fsp3) is 0. The lowest BCUT2D eigenvalue weighted by molar-refractivity contribution is 0.487. The van der Waals surface area contributed by atoms with E-state index in [-0.39, 0.29) is 6.71 Å². The molecule has 0 amide bonds. The quantitative estimate of drug-likeness (QED) is 0.161. The lowest BCUT2D eigenvalue weighted by Crippen LogP contribution is -2.58. The molecule has 0 saturated carbocycles. The molecule has 1 aromatic heterocycles. The Kier molecular flexibility index (Phi) is 7.06. The first kappa shape index (κ1) is 31.9. The lowest BCUT2D eigenvalue weighted by Gasteiger charge is -2.33. The highest BCUT2D eigenvalue weighted by Gasteiger charge is 2.41. The van der Waals surface area contributed by atoms with Gasteiger partial charge in [0.05, 0.1) is 5.52 Å². The molecule has 0 atom stereocenters. The highest BCUT2D eigenvalue weighted by atomic mass is 16.5. The van der Waals surface area contributed by atoms with Crippen molar-refractivity contribution in [2.45, 2.75) is 0 Å². The third-order valence-electron chi connectivity index (χ3n) is 12.1. The van der Waals surface area contributed by atoms with E-state index < -0.39 is 0 Å². The van der Waals surface area contributed by atoms with Crippen LogP contribution in [0.1, 0.15) is 0 Å². The van der Waals surface area contributed by atoms with Crippen LogP contribution in [0.4, 0.5) is 0 Å². The maximum absolute atomic E-state index is 6.83. The normalized spacial score (nSPS) is 12.3. The average molecular weight is 724 g/mol. The van der Waals surface area contributed by atoms with E-state index in [2.05, 4.69) is 211 Å². The van der Waals surface area contributed by atoms with Crippen molar-refractivity contribution in [1.29, 1.82) is 0 Å². The molecule has 2 nitrogen and oxygen atoms in total. The first-order valence-corrected chi connectivity index (χ1v) is 19.7. The summed E-state index contributed by atoms with van der Waals surface area (Å²) in [4.78, 5) is 0. The largest absolute Gasteiger partial charge is 0.458 e. The molecule has 0 radical (unpaired) electrons. The van der Waals surface area contributed by atoms with E-state index in [1.807, 2.05) is 0 Å². The van der Waals surface area contributed by atoms with Gasteiger partial charge < -0.3 is 9.30 Å².